The SMILES string of the molecule is CCN(c1ncnc(Cl)c1N)C1CCCC1. The molecule has 1 fully saturated rings. The van der Waals surface area contributed by atoms with Crippen molar-refractivity contribution >= 4 is 23.1 Å². The molecule has 2 rings (SSSR count). The van der Waals surface area contributed by atoms with E-state index in [-0.39, 0.29) is 0 Å². The second-order valence-electron chi connectivity index (χ2n) is 4.13. The van der Waals surface area contributed by atoms with Crippen LogP contribution in [0.5, 0.6) is 0 Å². The molecule has 88 valence electrons. The Labute approximate surface area is 101 Å². The van der Waals surface area contributed by atoms with Crippen LogP contribution < -0.4 is 10.6 Å². The van der Waals surface area contributed by atoms with Gasteiger partial charge in [-0.05, 0) is 19.8 Å². The second kappa shape index (κ2) is 4.87. The van der Waals surface area contributed by atoms with E-state index < -0.39 is 0 Å². The Hall–Kier alpha value is -1.03. The first-order chi connectivity index (χ1) is 7.74. The van der Waals surface area contributed by atoms with Crippen LogP contribution in [0, 0.1) is 0 Å². The van der Waals surface area contributed by atoms with Gasteiger partial charge in [0, 0.05) is 12.6 Å². The van der Waals surface area contributed by atoms with Gasteiger partial charge in [-0.2, -0.15) is 0 Å². The highest BCUT2D eigenvalue weighted by molar-refractivity contribution is 6.32. The van der Waals surface area contributed by atoms with Crippen molar-refractivity contribution < 1.29 is 0 Å². The average molecular weight is 241 g/mol. The van der Waals surface area contributed by atoms with E-state index in [1.54, 1.807) is 0 Å². The summed E-state index contributed by atoms with van der Waals surface area (Å²) >= 11 is 5.92. The molecule has 0 unspecified atom stereocenters. The number of hydrogen-bond donors (Lipinski definition) is 1. The number of aromatic nitrogens is 2. The lowest BCUT2D eigenvalue weighted by molar-refractivity contribution is 0.613. The van der Waals surface area contributed by atoms with E-state index in [4.69, 9.17) is 17.3 Å². The number of nitrogens with zero attached hydrogens (tertiary/aromatic N) is 3. The van der Waals surface area contributed by atoms with E-state index >= 15 is 0 Å². The number of anilines is 2. The molecule has 0 bridgehead atoms. The minimum atomic E-state index is 0.349. The van der Waals surface area contributed by atoms with Gasteiger partial charge in [0.25, 0.3) is 0 Å². The van der Waals surface area contributed by atoms with E-state index in [1.807, 2.05) is 0 Å². The lowest BCUT2D eigenvalue weighted by Crippen LogP contribution is -2.34. The maximum atomic E-state index is 5.93. The molecule has 0 spiro atoms. The summed E-state index contributed by atoms with van der Waals surface area (Å²) in [6.07, 6.45) is 6.50. The van der Waals surface area contributed by atoms with Crippen LogP contribution in [-0.2, 0) is 0 Å². The molecular weight excluding hydrogens is 224 g/mol. The molecule has 1 saturated carbocycles. The Kier molecular flexibility index (Phi) is 3.49. The number of nitrogens with two attached hydrogens (primary N) is 1. The van der Waals surface area contributed by atoms with E-state index in [1.165, 1.54) is 32.0 Å². The third-order valence-corrected chi connectivity index (χ3v) is 3.49. The Balaban J connectivity index is 2.28. The first-order valence-corrected chi connectivity index (χ1v) is 6.14. The normalized spacial score (nSPS) is 16.6. The summed E-state index contributed by atoms with van der Waals surface area (Å²) in [7, 11) is 0. The van der Waals surface area contributed by atoms with Crippen molar-refractivity contribution in [1.29, 1.82) is 0 Å². The second-order valence-corrected chi connectivity index (χ2v) is 4.48. The minimum Gasteiger partial charge on any atom is -0.393 e. The van der Waals surface area contributed by atoms with Crippen LogP contribution in [0.25, 0.3) is 0 Å². The van der Waals surface area contributed by atoms with E-state index in [2.05, 4.69) is 21.8 Å². The van der Waals surface area contributed by atoms with E-state index in [0.717, 1.165) is 12.4 Å². The molecule has 4 nitrogen and oxygen atoms in total. The molecule has 2 N–H and O–H groups in total. The van der Waals surface area contributed by atoms with Gasteiger partial charge in [0.1, 0.15) is 12.0 Å². The average Bonchev–Trinajstić information content (AvgIpc) is 2.79. The Morgan fingerprint density at radius 3 is 2.75 bits per heavy atom. The first kappa shape index (κ1) is 11.5. The molecule has 1 aliphatic rings. The van der Waals surface area contributed by atoms with Gasteiger partial charge >= 0.3 is 0 Å². The molecule has 5 heteroatoms. The third kappa shape index (κ3) is 2.07. The predicted molar refractivity (Wildman–Crippen MR) is 66.7 cm³/mol. The highest BCUT2D eigenvalue weighted by atomic mass is 35.5. The summed E-state index contributed by atoms with van der Waals surface area (Å²) in [6.45, 7) is 3.02. The molecular formula is C11H17ClN4. The fraction of sp³-hybridized carbons (Fsp3) is 0.636. The number of halogens is 1. The Morgan fingerprint density at radius 2 is 2.12 bits per heavy atom. The van der Waals surface area contributed by atoms with E-state index in [0.29, 0.717) is 16.9 Å². The fourth-order valence-electron chi connectivity index (χ4n) is 2.39. The fourth-order valence-corrected chi connectivity index (χ4v) is 2.52. The van der Waals surface area contributed by atoms with Crippen molar-refractivity contribution in [3.8, 4) is 0 Å². The van der Waals surface area contributed by atoms with Crippen LogP contribution in [-0.4, -0.2) is 22.6 Å². The summed E-state index contributed by atoms with van der Waals surface area (Å²) in [5.41, 5.74) is 6.43. The van der Waals surface area contributed by atoms with Gasteiger partial charge in [-0.15, -0.1) is 0 Å². The van der Waals surface area contributed by atoms with Gasteiger partial charge in [0.15, 0.2) is 11.0 Å². The highest BCUT2D eigenvalue weighted by Gasteiger charge is 2.24. The van der Waals surface area contributed by atoms with Gasteiger partial charge in [-0.1, -0.05) is 24.4 Å². The van der Waals surface area contributed by atoms with Crippen molar-refractivity contribution in [2.24, 2.45) is 0 Å². The van der Waals surface area contributed by atoms with E-state index in [9.17, 15) is 0 Å². The van der Waals surface area contributed by atoms with Crippen molar-refractivity contribution in [3.63, 3.8) is 0 Å². The summed E-state index contributed by atoms with van der Waals surface area (Å²) in [5, 5.41) is 0.349. The molecule has 0 amide bonds. The maximum Gasteiger partial charge on any atom is 0.157 e. The van der Waals surface area contributed by atoms with Gasteiger partial charge < -0.3 is 10.6 Å². The topological polar surface area (TPSA) is 55.0 Å². The molecule has 0 saturated heterocycles. The molecule has 0 aliphatic heterocycles. The standard InChI is InChI=1S/C11H17ClN4/c1-2-16(8-5-3-4-6-8)11-9(13)10(12)14-7-15-11/h7-8H,2-6,13H2,1H3. The maximum absolute atomic E-state index is 5.93. The quantitative estimate of drug-likeness (QED) is 0.825. The van der Waals surface area contributed by atoms with Crippen LogP contribution in [0.1, 0.15) is 32.6 Å². The summed E-state index contributed by atoms with van der Waals surface area (Å²) in [6, 6.07) is 0.554. The van der Waals surface area contributed by atoms with Gasteiger partial charge in [0.05, 0.1) is 0 Å². The summed E-state index contributed by atoms with van der Waals surface area (Å²) in [4.78, 5) is 10.4. The van der Waals surface area contributed by atoms with Crippen molar-refractivity contribution in [3.05, 3.63) is 11.5 Å². The van der Waals surface area contributed by atoms with Crippen LogP contribution in [0.15, 0.2) is 6.33 Å². The number of nitrogen functional groups attached to an aromatic ring is 1. The lowest BCUT2D eigenvalue weighted by Gasteiger charge is -2.29. The molecule has 1 aromatic heterocycles. The van der Waals surface area contributed by atoms with Crippen molar-refractivity contribution in [2.75, 3.05) is 17.2 Å². The summed E-state index contributed by atoms with van der Waals surface area (Å²) in [5.74, 6) is 0.786. The van der Waals surface area contributed by atoms with Gasteiger partial charge in [-0.3, -0.25) is 0 Å². The van der Waals surface area contributed by atoms with Crippen LogP contribution in [0.3, 0.4) is 0 Å². The molecule has 1 heterocycles. The molecule has 0 atom stereocenters. The minimum absolute atomic E-state index is 0.349. The largest absolute Gasteiger partial charge is 0.393 e. The highest BCUT2D eigenvalue weighted by Crippen LogP contribution is 2.32. The molecule has 1 aromatic rings. The Morgan fingerprint density at radius 1 is 1.44 bits per heavy atom. The van der Waals surface area contributed by atoms with Crippen LogP contribution >= 0.6 is 11.6 Å². The number of rotatable bonds is 3. The molecule has 0 aromatic carbocycles. The summed E-state index contributed by atoms with van der Waals surface area (Å²) < 4.78 is 0. The predicted octanol–water partition coefficient (Wildman–Crippen LogP) is 2.48. The van der Waals surface area contributed by atoms with Crippen LogP contribution in [0.2, 0.25) is 5.15 Å². The number of hydrogen-bond acceptors (Lipinski definition) is 4. The molecule has 16 heavy (non-hydrogen) atoms. The van der Waals surface area contributed by atoms with Crippen LogP contribution in [0.4, 0.5) is 11.5 Å². The third-order valence-electron chi connectivity index (χ3n) is 3.19. The Bertz CT molecular complexity index is 363. The van der Waals surface area contributed by atoms with Gasteiger partial charge in [0.2, 0.25) is 0 Å². The molecule has 1 aliphatic carbocycles. The van der Waals surface area contributed by atoms with Gasteiger partial charge in [-0.25, -0.2) is 9.97 Å². The zero-order valence-electron chi connectivity index (χ0n) is 9.49. The van der Waals surface area contributed by atoms with Crippen molar-refractivity contribution in [2.45, 2.75) is 38.6 Å². The van der Waals surface area contributed by atoms with Crippen molar-refractivity contribution in [1.82, 2.24) is 9.97 Å². The lowest BCUT2D eigenvalue weighted by atomic mass is 10.2. The monoisotopic (exact) mass is 240 g/mol. The smallest absolute Gasteiger partial charge is 0.157 e. The molecule has 0 radical (unpaired) electrons. The first-order valence-electron chi connectivity index (χ1n) is 5.76. The zero-order chi connectivity index (χ0) is 11.5. The zero-order valence-corrected chi connectivity index (χ0v) is 10.2.